The molecule has 0 bridgehead atoms. The minimum absolute atomic E-state index is 0.149. The van der Waals surface area contributed by atoms with E-state index >= 15 is 0 Å². The lowest BCUT2D eigenvalue weighted by molar-refractivity contribution is 0.00916. The Bertz CT molecular complexity index is 515. The van der Waals surface area contributed by atoms with Gasteiger partial charge in [0.2, 0.25) is 0 Å². The molecule has 19 heavy (non-hydrogen) atoms. The number of nitrogens with zero attached hydrogens (tertiary/aromatic N) is 1. The van der Waals surface area contributed by atoms with Crippen molar-refractivity contribution in [2.45, 2.75) is 6.10 Å². The first-order chi connectivity index (χ1) is 9.10. The molecule has 102 valence electrons. The summed E-state index contributed by atoms with van der Waals surface area (Å²) in [6.45, 7) is 0.454. The lowest BCUT2D eigenvalue weighted by Crippen LogP contribution is -2.39. The average molecular weight is 264 g/mol. The molecule has 1 atom stereocenters. The number of fused-ring (bicyclic) bond motifs is 1. The van der Waals surface area contributed by atoms with Crippen molar-refractivity contribution in [3.63, 3.8) is 0 Å². The van der Waals surface area contributed by atoms with Crippen LogP contribution in [-0.4, -0.2) is 50.2 Å². The molecule has 1 aliphatic rings. The van der Waals surface area contributed by atoms with E-state index in [1.54, 1.807) is 18.2 Å². The van der Waals surface area contributed by atoms with Gasteiger partial charge in [-0.05, 0) is 12.1 Å². The van der Waals surface area contributed by atoms with E-state index in [4.69, 9.17) is 15.2 Å². The van der Waals surface area contributed by atoms with Crippen molar-refractivity contribution in [3.8, 4) is 0 Å². The molecule has 0 fully saturated rings. The predicted octanol–water partition coefficient (Wildman–Crippen LogP) is 0.526. The summed E-state index contributed by atoms with van der Waals surface area (Å²) >= 11 is 0. The Labute approximate surface area is 111 Å². The van der Waals surface area contributed by atoms with Crippen LogP contribution in [-0.2, 0) is 9.47 Å². The Balaban J connectivity index is 2.25. The van der Waals surface area contributed by atoms with Crippen molar-refractivity contribution in [2.24, 2.45) is 0 Å². The Morgan fingerprint density at radius 2 is 2.00 bits per heavy atom. The van der Waals surface area contributed by atoms with Gasteiger partial charge in [0.1, 0.15) is 0 Å². The summed E-state index contributed by atoms with van der Waals surface area (Å²) in [6.07, 6.45) is -0.353. The smallest absolute Gasteiger partial charge is 0.263 e. The standard InChI is InChI=1S/C13H16N2O4/c1-18-7-8(19-2)6-15-12(16)9-4-3-5-10(14)11(9)13(15)17/h3-5,8H,6-7,14H2,1-2H3. The van der Waals surface area contributed by atoms with Crippen LogP contribution in [0.25, 0.3) is 0 Å². The molecule has 0 aromatic heterocycles. The largest absolute Gasteiger partial charge is 0.398 e. The molecule has 1 heterocycles. The van der Waals surface area contributed by atoms with Crippen LogP contribution in [0.1, 0.15) is 20.7 Å². The first-order valence-electron chi connectivity index (χ1n) is 5.86. The maximum atomic E-state index is 12.2. The quantitative estimate of drug-likeness (QED) is 0.619. The molecule has 2 rings (SSSR count). The van der Waals surface area contributed by atoms with E-state index in [2.05, 4.69) is 0 Å². The van der Waals surface area contributed by atoms with Crippen molar-refractivity contribution in [2.75, 3.05) is 33.1 Å². The summed E-state index contributed by atoms with van der Waals surface area (Å²) in [7, 11) is 3.04. The molecule has 1 unspecified atom stereocenters. The maximum Gasteiger partial charge on any atom is 0.263 e. The molecule has 1 aromatic carbocycles. The number of carbonyl (C=O) groups excluding carboxylic acids is 2. The van der Waals surface area contributed by atoms with Gasteiger partial charge in [-0.3, -0.25) is 14.5 Å². The summed E-state index contributed by atoms with van der Waals surface area (Å²) in [5.74, 6) is -0.721. The fourth-order valence-corrected chi connectivity index (χ4v) is 2.11. The topological polar surface area (TPSA) is 81.9 Å². The summed E-state index contributed by atoms with van der Waals surface area (Å²) in [4.78, 5) is 25.5. The maximum absolute atomic E-state index is 12.2. The van der Waals surface area contributed by atoms with Gasteiger partial charge < -0.3 is 15.2 Å². The van der Waals surface area contributed by atoms with Crippen molar-refractivity contribution < 1.29 is 19.1 Å². The molecule has 1 aliphatic heterocycles. The molecule has 2 N–H and O–H groups in total. The molecule has 0 saturated carbocycles. The van der Waals surface area contributed by atoms with Gasteiger partial charge in [0, 0.05) is 19.9 Å². The number of carbonyl (C=O) groups is 2. The Morgan fingerprint density at radius 1 is 1.26 bits per heavy atom. The molecule has 0 aliphatic carbocycles. The molecular weight excluding hydrogens is 248 g/mol. The van der Waals surface area contributed by atoms with Gasteiger partial charge >= 0.3 is 0 Å². The van der Waals surface area contributed by atoms with Gasteiger partial charge in [-0.1, -0.05) is 6.07 Å². The number of benzene rings is 1. The number of methoxy groups -OCH3 is 2. The second-order valence-corrected chi connectivity index (χ2v) is 4.30. The lowest BCUT2D eigenvalue weighted by atomic mass is 10.1. The second-order valence-electron chi connectivity index (χ2n) is 4.30. The molecule has 0 radical (unpaired) electrons. The van der Waals surface area contributed by atoms with E-state index in [0.717, 1.165) is 4.90 Å². The van der Waals surface area contributed by atoms with Crippen molar-refractivity contribution in [1.29, 1.82) is 0 Å². The third kappa shape index (κ3) is 2.32. The van der Waals surface area contributed by atoms with Crippen LogP contribution < -0.4 is 5.73 Å². The van der Waals surface area contributed by atoms with Gasteiger partial charge in [0.25, 0.3) is 11.8 Å². The van der Waals surface area contributed by atoms with E-state index in [1.165, 1.54) is 14.2 Å². The third-order valence-corrected chi connectivity index (χ3v) is 3.10. The fourth-order valence-electron chi connectivity index (χ4n) is 2.11. The summed E-state index contributed by atoms with van der Waals surface area (Å²) in [5, 5.41) is 0. The number of nitrogen functional groups attached to an aromatic ring is 1. The highest BCUT2D eigenvalue weighted by molar-refractivity contribution is 6.23. The Hall–Kier alpha value is -1.92. The van der Waals surface area contributed by atoms with Crippen molar-refractivity contribution >= 4 is 17.5 Å². The average Bonchev–Trinajstić information content (AvgIpc) is 2.64. The van der Waals surface area contributed by atoms with Gasteiger partial charge in [-0.15, -0.1) is 0 Å². The number of anilines is 1. The summed E-state index contributed by atoms with van der Waals surface area (Å²) < 4.78 is 10.2. The van der Waals surface area contributed by atoms with Crippen LogP contribution in [0.2, 0.25) is 0 Å². The number of hydrogen-bond donors (Lipinski definition) is 1. The molecule has 6 heteroatoms. The van der Waals surface area contributed by atoms with E-state index < -0.39 is 0 Å². The molecule has 0 spiro atoms. The molecular formula is C13H16N2O4. The molecule has 1 aromatic rings. The first-order valence-corrected chi connectivity index (χ1v) is 5.86. The Morgan fingerprint density at radius 3 is 2.58 bits per heavy atom. The van der Waals surface area contributed by atoms with Crippen LogP contribution in [0.4, 0.5) is 5.69 Å². The number of rotatable bonds is 5. The van der Waals surface area contributed by atoms with E-state index in [-0.39, 0.29) is 30.0 Å². The monoisotopic (exact) mass is 264 g/mol. The fraction of sp³-hybridized carbons (Fsp3) is 0.385. The minimum atomic E-state index is -0.378. The van der Waals surface area contributed by atoms with E-state index in [9.17, 15) is 9.59 Å². The SMILES string of the molecule is COCC(CN1C(=O)c2cccc(N)c2C1=O)OC. The molecule has 2 amide bonds. The van der Waals surface area contributed by atoms with Gasteiger partial charge in [-0.25, -0.2) is 0 Å². The number of ether oxygens (including phenoxy) is 2. The highest BCUT2D eigenvalue weighted by Gasteiger charge is 2.38. The highest BCUT2D eigenvalue weighted by Crippen LogP contribution is 2.27. The lowest BCUT2D eigenvalue weighted by Gasteiger charge is -2.20. The zero-order valence-electron chi connectivity index (χ0n) is 10.9. The summed E-state index contributed by atoms with van der Waals surface area (Å²) in [5.41, 5.74) is 6.69. The van der Waals surface area contributed by atoms with Gasteiger partial charge in [-0.2, -0.15) is 0 Å². The number of amides is 2. The van der Waals surface area contributed by atoms with Crippen LogP contribution in [0.5, 0.6) is 0 Å². The third-order valence-electron chi connectivity index (χ3n) is 3.10. The van der Waals surface area contributed by atoms with Crippen LogP contribution in [0.3, 0.4) is 0 Å². The van der Waals surface area contributed by atoms with E-state index in [1.807, 2.05) is 0 Å². The predicted molar refractivity (Wildman–Crippen MR) is 68.9 cm³/mol. The van der Waals surface area contributed by atoms with Crippen molar-refractivity contribution in [3.05, 3.63) is 29.3 Å². The van der Waals surface area contributed by atoms with Crippen LogP contribution in [0.15, 0.2) is 18.2 Å². The minimum Gasteiger partial charge on any atom is -0.398 e. The number of imide groups is 1. The van der Waals surface area contributed by atoms with Gasteiger partial charge in [0.15, 0.2) is 0 Å². The zero-order valence-corrected chi connectivity index (χ0v) is 10.9. The normalized spacial score (nSPS) is 15.8. The molecule has 0 saturated heterocycles. The van der Waals surface area contributed by atoms with Crippen molar-refractivity contribution in [1.82, 2.24) is 4.90 Å². The van der Waals surface area contributed by atoms with Crippen LogP contribution in [0, 0.1) is 0 Å². The zero-order chi connectivity index (χ0) is 14.0. The highest BCUT2D eigenvalue weighted by atomic mass is 16.5. The second kappa shape index (κ2) is 5.38. The number of nitrogens with two attached hydrogens (primary N) is 1. The number of hydrogen-bond acceptors (Lipinski definition) is 5. The first kappa shape index (κ1) is 13.5. The summed E-state index contributed by atoms with van der Waals surface area (Å²) in [6, 6.07) is 4.87. The van der Waals surface area contributed by atoms with E-state index in [0.29, 0.717) is 17.9 Å². The Kier molecular flexibility index (Phi) is 3.82. The van der Waals surface area contributed by atoms with Crippen LogP contribution >= 0.6 is 0 Å². The molecule has 6 nitrogen and oxygen atoms in total. The van der Waals surface area contributed by atoms with Gasteiger partial charge in [0.05, 0.1) is 30.4 Å².